The van der Waals surface area contributed by atoms with Gasteiger partial charge >= 0.3 is 0 Å². The summed E-state index contributed by atoms with van der Waals surface area (Å²) in [7, 11) is 0. The van der Waals surface area contributed by atoms with E-state index in [0.717, 1.165) is 29.9 Å². The first-order chi connectivity index (χ1) is 16.5. The Morgan fingerprint density at radius 1 is 1.24 bits per heavy atom. The van der Waals surface area contributed by atoms with Crippen molar-refractivity contribution in [1.29, 1.82) is 0 Å². The van der Waals surface area contributed by atoms with E-state index in [1.807, 2.05) is 29.7 Å². The highest BCUT2D eigenvalue weighted by molar-refractivity contribution is 7.09. The molecule has 1 N–H and O–H groups in total. The van der Waals surface area contributed by atoms with Gasteiger partial charge in [-0.25, -0.2) is 0 Å². The largest absolute Gasteiger partial charge is 0.459 e. The molecule has 0 saturated carbocycles. The Kier molecular flexibility index (Phi) is 6.60. The van der Waals surface area contributed by atoms with Gasteiger partial charge in [-0.3, -0.25) is 14.5 Å². The lowest BCUT2D eigenvalue weighted by Crippen LogP contribution is -2.34. The number of furan rings is 1. The Bertz CT molecular complexity index is 1130. The van der Waals surface area contributed by atoms with Crippen LogP contribution in [0, 0.1) is 17.8 Å². The topological polar surface area (TPSA) is 80.0 Å². The van der Waals surface area contributed by atoms with Crippen LogP contribution in [0.4, 0.5) is 0 Å². The number of nitrogens with zero attached hydrogens (tertiary/aromatic N) is 1. The molecule has 2 aromatic rings. The first-order valence-electron chi connectivity index (χ1n) is 12.1. The molecule has 0 radical (unpaired) electrons. The summed E-state index contributed by atoms with van der Waals surface area (Å²) in [6.45, 7) is 5.02. The number of imide groups is 1. The minimum Gasteiger partial charge on any atom is -0.459 e. The number of amides is 2. The number of hydrogen-bond donors (Lipinski definition) is 1. The van der Waals surface area contributed by atoms with Gasteiger partial charge in [-0.15, -0.1) is 11.3 Å². The molecule has 2 aromatic heterocycles. The van der Waals surface area contributed by atoms with Gasteiger partial charge in [-0.1, -0.05) is 24.1 Å². The fourth-order valence-corrected chi connectivity index (χ4v) is 6.53. The van der Waals surface area contributed by atoms with Crippen LogP contribution in [-0.2, 0) is 27.5 Å². The summed E-state index contributed by atoms with van der Waals surface area (Å²) >= 11 is 1.58. The van der Waals surface area contributed by atoms with Gasteiger partial charge in [0.05, 0.1) is 31.1 Å². The van der Waals surface area contributed by atoms with Crippen molar-refractivity contribution >= 4 is 29.2 Å². The normalized spacial score (nSPS) is 27.0. The zero-order valence-corrected chi connectivity index (χ0v) is 20.5. The molecule has 2 aliphatic heterocycles. The molecule has 2 fully saturated rings. The van der Waals surface area contributed by atoms with Crippen LogP contribution < -0.4 is 0 Å². The van der Waals surface area contributed by atoms with Crippen molar-refractivity contribution in [3.8, 4) is 0 Å². The van der Waals surface area contributed by atoms with E-state index in [1.165, 1.54) is 21.6 Å². The number of thiophene rings is 1. The van der Waals surface area contributed by atoms with Gasteiger partial charge in [0.15, 0.2) is 0 Å². The lowest BCUT2D eigenvalue weighted by atomic mass is 9.70. The van der Waals surface area contributed by atoms with Gasteiger partial charge in [0, 0.05) is 10.8 Å². The summed E-state index contributed by atoms with van der Waals surface area (Å²) in [5.41, 5.74) is 3.72. The maximum Gasteiger partial charge on any atom is 0.234 e. The number of aliphatic hydroxyl groups excluding tert-OH is 1. The van der Waals surface area contributed by atoms with Crippen LogP contribution in [0.2, 0.25) is 0 Å². The van der Waals surface area contributed by atoms with Crippen molar-refractivity contribution in [3.05, 3.63) is 62.8 Å². The third kappa shape index (κ3) is 4.21. The van der Waals surface area contributed by atoms with E-state index in [-0.39, 0.29) is 42.3 Å². The minimum atomic E-state index is -0.294. The monoisotopic (exact) mass is 481 g/mol. The Labute approximate surface area is 203 Å². The summed E-state index contributed by atoms with van der Waals surface area (Å²) < 4.78 is 11.9. The molecule has 0 aromatic carbocycles. The lowest BCUT2D eigenvalue weighted by Gasteiger charge is -2.30. The lowest BCUT2D eigenvalue weighted by molar-refractivity contribution is -0.140. The van der Waals surface area contributed by atoms with Crippen molar-refractivity contribution in [3.63, 3.8) is 0 Å². The quantitative estimate of drug-likeness (QED) is 0.427. The maximum atomic E-state index is 13.4. The Morgan fingerprint density at radius 3 is 2.79 bits per heavy atom. The number of carbonyl (C=O) groups is 2. The third-order valence-corrected chi connectivity index (χ3v) is 8.37. The standard InChI is InChI=1S/C27H31NO5S/c1-3-17(12-18-7-8-19(14-29)33-18)6-9-23-24-16(2)11-21-25(22(24)15-32-23)27(31)28(26(21)30)13-20-5-4-10-34-20/h4-5,7-8,10,12,21-23,25,29H,3,6,9,11,13-15H2,1-2H3/b17-12+/t21-,22+,23-,25-/m1/s1. The first kappa shape index (κ1) is 23.3. The van der Waals surface area contributed by atoms with E-state index in [4.69, 9.17) is 9.15 Å². The van der Waals surface area contributed by atoms with Crippen molar-refractivity contribution in [2.24, 2.45) is 17.8 Å². The molecule has 34 heavy (non-hydrogen) atoms. The SMILES string of the molecule is CC/C(=C\c1ccc(CO)o1)CC[C@H]1OC[C@H]2C1=C(C)C[C@H]1C(=O)N(Cc3cccs3)C(=O)[C@H]12. The Hall–Kier alpha value is -2.48. The summed E-state index contributed by atoms with van der Waals surface area (Å²) in [5.74, 6) is 0.705. The molecule has 6 nitrogen and oxygen atoms in total. The highest BCUT2D eigenvalue weighted by Gasteiger charge is 2.56. The number of allylic oxidation sites excluding steroid dienone is 2. The average Bonchev–Trinajstić information content (AvgIpc) is 3.62. The smallest absolute Gasteiger partial charge is 0.234 e. The number of hydrogen-bond acceptors (Lipinski definition) is 6. The van der Waals surface area contributed by atoms with Crippen molar-refractivity contribution in [2.75, 3.05) is 6.61 Å². The van der Waals surface area contributed by atoms with Crippen molar-refractivity contribution in [2.45, 2.75) is 58.8 Å². The van der Waals surface area contributed by atoms with Crippen LogP contribution >= 0.6 is 11.3 Å². The summed E-state index contributed by atoms with van der Waals surface area (Å²) in [6.07, 6.45) is 5.29. The Balaban J connectivity index is 1.29. The number of rotatable bonds is 8. The predicted molar refractivity (Wildman–Crippen MR) is 130 cm³/mol. The van der Waals surface area contributed by atoms with E-state index < -0.39 is 0 Å². The van der Waals surface area contributed by atoms with E-state index in [1.54, 1.807) is 17.4 Å². The summed E-state index contributed by atoms with van der Waals surface area (Å²) in [5, 5.41) is 11.2. The van der Waals surface area contributed by atoms with Gasteiger partial charge < -0.3 is 14.3 Å². The molecule has 2 saturated heterocycles. The second-order valence-corrected chi connectivity index (χ2v) is 10.5. The highest BCUT2D eigenvalue weighted by Crippen LogP contribution is 2.50. The summed E-state index contributed by atoms with van der Waals surface area (Å²) in [4.78, 5) is 29.0. The molecule has 5 rings (SSSR count). The average molecular weight is 482 g/mol. The fraction of sp³-hybridized carbons (Fsp3) is 0.481. The minimum absolute atomic E-state index is 0.000206. The molecule has 0 spiro atoms. The number of ether oxygens (including phenoxy) is 1. The molecule has 7 heteroatoms. The molecule has 0 unspecified atom stereocenters. The van der Waals surface area contributed by atoms with E-state index in [0.29, 0.717) is 25.3 Å². The van der Waals surface area contributed by atoms with Crippen molar-refractivity contribution in [1.82, 2.24) is 4.90 Å². The van der Waals surface area contributed by atoms with Crippen LogP contribution in [-0.4, -0.2) is 34.5 Å². The molecule has 2 amide bonds. The van der Waals surface area contributed by atoms with Gasteiger partial charge in [0.25, 0.3) is 0 Å². The first-order valence-corrected chi connectivity index (χ1v) is 13.0. The molecule has 180 valence electrons. The number of likely N-dealkylation sites (tertiary alicyclic amines) is 1. The second kappa shape index (κ2) is 9.64. The highest BCUT2D eigenvalue weighted by atomic mass is 32.1. The number of fused-ring (bicyclic) bond motifs is 3. The van der Waals surface area contributed by atoms with Gasteiger partial charge in [-0.2, -0.15) is 0 Å². The van der Waals surface area contributed by atoms with Crippen LogP contribution in [0.25, 0.3) is 6.08 Å². The summed E-state index contributed by atoms with van der Waals surface area (Å²) in [6, 6.07) is 7.59. The molecule has 3 aliphatic rings. The number of aliphatic hydroxyl groups is 1. The van der Waals surface area contributed by atoms with Gasteiger partial charge in [0.1, 0.15) is 18.1 Å². The molecular formula is C27H31NO5S. The van der Waals surface area contributed by atoms with Crippen LogP contribution in [0.15, 0.2) is 50.8 Å². The van der Waals surface area contributed by atoms with Crippen LogP contribution in [0.1, 0.15) is 55.9 Å². The molecule has 4 heterocycles. The fourth-order valence-electron chi connectivity index (χ4n) is 5.83. The van der Waals surface area contributed by atoms with E-state index in [9.17, 15) is 14.7 Å². The van der Waals surface area contributed by atoms with Crippen LogP contribution in [0.3, 0.4) is 0 Å². The second-order valence-electron chi connectivity index (χ2n) is 9.50. The van der Waals surface area contributed by atoms with Gasteiger partial charge in [0.2, 0.25) is 11.8 Å². The van der Waals surface area contributed by atoms with E-state index >= 15 is 0 Å². The molecule has 4 atom stereocenters. The zero-order valence-electron chi connectivity index (χ0n) is 19.7. The van der Waals surface area contributed by atoms with E-state index in [2.05, 4.69) is 13.8 Å². The third-order valence-electron chi connectivity index (χ3n) is 7.50. The predicted octanol–water partition coefficient (Wildman–Crippen LogP) is 4.94. The molecule has 1 aliphatic carbocycles. The van der Waals surface area contributed by atoms with Crippen molar-refractivity contribution < 1.29 is 23.8 Å². The maximum absolute atomic E-state index is 13.4. The zero-order chi connectivity index (χ0) is 23.8. The Morgan fingerprint density at radius 2 is 2.09 bits per heavy atom. The molecule has 0 bridgehead atoms. The number of carbonyl (C=O) groups excluding carboxylic acids is 2. The van der Waals surface area contributed by atoms with Crippen LogP contribution in [0.5, 0.6) is 0 Å². The molecular weight excluding hydrogens is 450 g/mol. The van der Waals surface area contributed by atoms with Gasteiger partial charge in [-0.05, 0) is 67.8 Å².